The second-order valence-corrected chi connectivity index (χ2v) is 14.4. The van der Waals surface area contributed by atoms with Gasteiger partial charge in [-0.15, -0.1) is 0 Å². The van der Waals surface area contributed by atoms with Crippen LogP contribution in [0.25, 0.3) is 0 Å². The summed E-state index contributed by atoms with van der Waals surface area (Å²) < 4.78 is 9.31. The van der Waals surface area contributed by atoms with Crippen LogP contribution < -0.4 is 9.64 Å². The van der Waals surface area contributed by atoms with Crippen LogP contribution in [0.1, 0.15) is 88.6 Å². The van der Waals surface area contributed by atoms with Gasteiger partial charge in [-0.3, -0.25) is 0 Å². The SMILES string of the molecule is CCN1/C(=C/C=C2\CCCC(/C=C/C3=[N+](CC)c4ccc(C)cc4C3(C)C)=C2Oc2ccc(C)cc2)C(C)(C)c2cc(C)ccc21. The van der Waals surface area contributed by atoms with Gasteiger partial charge >= 0.3 is 0 Å². The lowest BCUT2D eigenvalue weighted by molar-refractivity contribution is -0.433. The lowest BCUT2D eigenvalue weighted by Gasteiger charge is -2.26. The number of anilines is 1. The summed E-state index contributed by atoms with van der Waals surface area (Å²) in [6.07, 6.45) is 12.5. The van der Waals surface area contributed by atoms with E-state index in [1.54, 1.807) is 0 Å². The predicted octanol–water partition coefficient (Wildman–Crippen LogP) is 10.7. The minimum atomic E-state index is -0.0742. The summed E-state index contributed by atoms with van der Waals surface area (Å²) in [6, 6.07) is 22.2. The highest BCUT2D eigenvalue weighted by atomic mass is 16.5. The Labute approximate surface area is 277 Å². The third kappa shape index (κ3) is 5.59. The quantitative estimate of drug-likeness (QED) is 0.247. The number of hydrogen-bond donors (Lipinski definition) is 0. The first-order chi connectivity index (χ1) is 21.9. The van der Waals surface area contributed by atoms with E-state index >= 15 is 0 Å². The maximum Gasteiger partial charge on any atom is 0.209 e. The van der Waals surface area contributed by atoms with E-state index in [0.717, 1.165) is 43.9 Å². The molecule has 0 unspecified atom stereocenters. The fraction of sp³-hybridized carbons (Fsp3) is 0.372. The van der Waals surface area contributed by atoms with Gasteiger partial charge < -0.3 is 9.64 Å². The molecular formula is C43H51N2O+. The number of hydrogen-bond acceptors (Lipinski definition) is 2. The monoisotopic (exact) mass is 611 g/mol. The number of nitrogens with zero attached hydrogens (tertiary/aromatic N) is 2. The molecule has 0 fully saturated rings. The molecular weight excluding hydrogens is 560 g/mol. The summed E-state index contributed by atoms with van der Waals surface area (Å²) in [7, 11) is 0. The molecule has 2 heterocycles. The van der Waals surface area contributed by atoms with Gasteiger partial charge in [-0.1, -0.05) is 66.9 Å². The molecule has 3 heteroatoms. The smallest absolute Gasteiger partial charge is 0.209 e. The second-order valence-electron chi connectivity index (χ2n) is 14.4. The van der Waals surface area contributed by atoms with Crippen molar-refractivity contribution in [2.45, 2.75) is 92.4 Å². The number of fused-ring (bicyclic) bond motifs is 2. The number of rotatable bonds is 7. The zero-order chi connectivity index (χ0) is 32.8. The first-order valence-corrected chi connectivity index (χ1v) is 17.2. The Morgan fingerprint density at radius 3 is 2.13 bits per heavy atom. The topological polar surface area (TPSA) is 15.5 Å². The van der Waals surface area contributed by atoms with Gasteiger partial charge in [0.25, 0.3) is 0 Å². The van der Waals surface area contributed by atoms with Gasteiger partial charge in [-0.25, -0.2) is 0 Å². The molecule has 0 atom stereocenters. The molecule has 0 radical (unpaired) electrons. The average Bonchev–Trinajstić information content (AvgIpc) is 3.37. The molecule has 3 aliphatic rings. The number of allylic oxidation sites excluding steroid dienone is 7. The Bertz CT molecular complexity index is 1820. The molecule has 3 aromatic carbocycles. The molecule has 0 aromatic heterocycles. The molecule has 0 saturated heterocycles. The minimum Gasteiger partial charge on any atom is -0.457 e. The van der Waals surface area contributed by atoms with Crippen LogP contribution in [-0.4, -0.2) is 23.4 Å². The van der Waals surface area contributed by atoms with Crippen molar-refractivity contribution >= 4 is 17.1 Å². The van der Waals surface area contributed by atoms with Crippen LogP contribution in [-0.2, 0) is 10.8 Å². The van der Waals surface area contributed by atoms with Gasteiger partial charge in [-0.2, -0.15) is 4.58 Å². The first kappa shape index (κ1) is 31.9. The average molecular weight is 612 g/mol. The standard InChI is InChI=1S/C43H51N2O/c1-10-44-37-23-17-30(4)27-35(37)42(6,7)39(44)25-19-32-13-12-14-33(41(32)46-34-21-15-29(3)16-22-34)20-26-40-43(8,9)36-28-31(5)18-24-38(36)45(40)11-2/h15-28H,10-14H2,1-9H3/q+1. The van der Waals surface area contributed by atoms with Crippen molar-refractivity contribution in [1.29, 1.82) is 0 Å². The highest BCUT2D eigenvalue weighted by Gasteiger charge is 2.44. The van der Waals surface area contributed by atoms with Crippen molar-refractivity contribution < 1.29 is 9.31 Å². The summed E-state index contributed by atoms with van der Waals surface area (Å²) in [6.45, 7) is 22.3. The van der Waals surface area contributed by atoms with Crippen molar-refractivity contribution in [3.05, 3.63) is 135 Å². The van der Waals surface area contributed by atoms with Crippen molar-refractivity contribution in [2.24, 2.45) is 0 Å². The molecule has 0 bridgehead atoms. The Hall–Kier alpha value is -4.11. The van der Waals surface area contributed by atoms with Gasteiger partial charge in [0.15, 0.2) is 5.71 Å². The molecule has 3 nitrogen and oxygen atoms in total. The highest BCUT2D eigenvalue weighted by Crippen LogP contribution is 2.48. The second kappa shape index (κ2) is 12.2. The van der Waals surface area contributed by atoms with Crippen molar-refractivity contribution in [3.63, 3.8) is 0 Å². The van der Waals surface area contributed by atoms with Crippen molar-refractivity contribution in [3.8, 4) is 5.75 Å². The molecule has 0 amide bonds. The van der Waals surface area contributed by atoms with E-state index in [0.29, 0.717) is 0 Å². The lowest BCUT2D eigenvalue weighted by Crippen LogP contribution is -2.27. The van der Waals surface area contributed by atoms with Gasteiger partial charge in [0.2, 0.25) is 5.69 Å². The Balaban J connectivity index is 1.44. The largest absolute Gasteiger partial charge is 0.457 e. The van der Waals surface area contributed by atoms with E-state index in [1.165, 1.54) is 61.7 Å². The molecule has 2 aliphatic heterocycles. The van der Waals surface area contributed by atoms with E-state index < -0.39 is 0 Å². The fourth-order valence-electron chi connectivity index (χ4n) is 7.69. The van der Waals surface area contributed by atoms with E-state index in [-0.39, 0.29) is 10.8 Å². The van der Waals surface area contributed by atoms with Gasteiger partial charge in [0, 0.05) is 41.1 Å². The molecule has 0 spiro atoms. The van der Waals surface area contributed by atoms with Crippen LogP contribution in [0.4, 0.5) is 11.4 Å². The zero-order valence-electron chi connectivity index (χ0n) is 29.4. The summed E-state index contributed by atoms with van der Waals surface area (Å²) in [5, 5.41) is 0. The third-order valence-electron chi connectivity index (χ3n) is 10.3. The van der Waals surface area contributed by atoms with E-state index in [1.807, 2.05) is 0 Å². The summed E-state index contributed by atoms with van der Waals surface area (Å²) >= 11 is 0. The Morgan fingerprint density at radius 2 is 1.43 bits per heavy atom. The van der Waals surface area contributed by atoms with Crippen LogP contribution in [0.5, 0.6) is 5.75 Å². The fourth-order valence-corrected chi connectivity index (χ4v) is 7.69. The Morgan fingerprint density at radius 1 is 0.761 bits per heavy atom. The lowest BCUT2D eigenvalue weighted by atomic mass is 9.80. The minimum absolute atomic E-state index is 0.0742. The summed E-state index contributed by atoms with van der Waals surface area (Å²) in [4.78, 5) is 2.48. The maximum absolute atomic E-state index is 6.83. The highest BCUT2D eigenvalue weighted by molar-refractivity contribution is 6.03. The maximum atomic E-state index is 6.83. The normalized spacial score (nSPS) is 20.3. The Kier molecular flexibility index (Phi) is 8.48. The van der Waals surface area contributed by atoms with Gasteiger partial charge in [0.1, 0.15) is 18.1 Å². The number of ether oxygens (including phenoxy) is 1. The van der Waals surface area contributed by atoms with Gasteiger partial charge in [0.05, 0.1) is 5.41 Å². The summed E-state index contributed by atoms with van der Waals surface area (Å²) in [5.74, 6) is 1.89. The predicted molar refractivity (Wildman–Crippen MR) is 195 cm³/mol. The molecule has 238 valence electrons. The van der Waals surface area contributed by atoms with Crippen LogP contribution in [0.3, 0.4) is 0 Å². The molecule has 0 N–H and O–H groups in total. The number of benzene rings is 3. The van der Waals surface area contributed by atoms with E-state index in [4.69, 9.17) is 4.74 Å². The summed E-state index contributed by atoms with van der Waals surface area (Å²) in [5.41, 5.74) is 14.4. The molecule has 46 heavy (non-hydrogen) atoms. The van der Waals surface area contributed by atoms with E-state index in [9.17, 15) is 0 Å². The van der Waals surface area contributed by atoms with Crippen LogP contribution in [0.15, 0.2) is 108 Å². The molecule has 0 saturated carbocycles. The first-order valence-electron chi connectivity index (χ1n) is 17.2. The molecule has 6 rings (SSSR count). The number of likely N-dealkylation sites (N-methyl/N-ethyl adjacent to an activating group) is 1. The van der Waals surface area contributed by atoms with Crippen LogP contribution in [0.2, 0.25) is 0 Å². The van der Waals surface area contributed by atoms with Gasteiger partial charge in [-0.05, 0) is 121 Å². The van der Waals surface area contributed by atoms with Crippen LogP contribution in [0, 0.1) is 20.8 Å². The molecule has 3 aromatic rings. The van der Waals surface area contributed by atoms with E-state index in [2.05, 4.69) is 157 Å². The number of aryl methyl sites for hydroxylation is 3. The van der Waals surface area contributed by atoms with Crippen LogP contribution >= 0.6 is 0 Å². The zero-order valence-corrected chi connectivity index (χ0v) is 29.4. The van der Waals surface area contributed by atoms with Crippen molar-refractivity contribution in [1.82, 2.24) is 0 Å². The third-order valence-corrected chi connectivity index (χ3v) is 10.3. The molecule has 1 aliphatic carbocycles. The van der Waals surface area contributed by atoms with Crippen molar-refractivity contribution in [2.75, 3.05) is 18.0 Å².